The lowest BCUT2D eigenvalue weighted by Crippen LogP contribution is -2.48. The van der Waals surface area contributed by atoms with Crippen molar-refractivity contribution in [2.45, 2.75) is 6.42 Å². The van der Waals surface area contributed by atoms with Crippen LogP contribution in [0.15, 0.2) is 30.4 Å². The first-order valence-electron chi connectivity index (χ1n) is 8.49. The first kappa shape index (κ1) is 16.0. The molecule has 4 aliphatic carbocycles. The summed E-state index contributed by atoms with van der Waals surface area (Å²) in [5.41, 5.74) is 0.494. The van der Waals surface area contributed by atoms with Gasteiger partial charge in [0.1, 0.15) is 11.5 Å². The molecule has 1 aromatic rings. The molecule has 25 heavy (non-hydrogen) atoms. The Morgan fingerprint density at radius 1 is 1.08 bits per heavy atom. The molecule has 2 saturated carbocycles. The standard InChI is InChI=1S/C19H21NO5/c1-24-9-3-6-15(25-2)14(7-9)20-18(21)16-10-4-5-11(13-8-12(10)13)17(16)19(22)23/h3-7,10-13,16-17H,8H2,1-2H3,(H,20,21)(H,22,23)/t10-,11+,12+,13+,16+,17-/m0/s1. The molecule has 6 nitrogen and oxygen atoms in total. The average Bonchev–Trinajstić information content (AvgIpc) is 3.43. The van der Waals surface area contributed by atoms with E-state index in [9.17, 15) is 14.7 Å². The summed E-state index contributed by atoms with van der Waals surface area (Å²) in [6.45, 7) is 0. The number of fused-ring (bicyclic) bond motifs is 1. The van der Waals surface area contributed by atoms with Gasteiger partial charge >= 0.3 is 5.97 Å². The van der Waals surface area contributed by atoms with Crippen molar-refractivity contribution in [1.82, 2.24) is 0 Å². The van der Waals surface area contributed by atoms with E-state index in [-0.39, 0.29) is 17.7 Å². The molecule has 6 heteroatoms. The number of hydrogen-bond donors (Lipinski definition) is 2. The fraction of sp³-hybridized carbons (Fsp3) is 0.474. The molecule has 132 valence electrons. The van der Waals surface area contributed by atoms with Gasteiger partial charge in [-0.2, -0.15) is 0 Å². The summed E-state index contributed by atoms with van der Waals surface area (Å²) in [7, 11) is 3.07. The Kier molecular flexibility index (Phi) is 3.71. The van der Waals surface area contributed by atoms with Crippen molar-refractivity contribution >= 4 is 17.6 Å². The van der Waals surface area contributed by atoms with Crippen LogP contribution in [0.5, 0.6) is 11.5 Å². The van der Waals surface area contributed by atoms with Crippen molar-refractivity contribution in [3.05, 3.63) is 30.4 Å². The Hall–Kier alpha value is -2.50. The highest BCUT2D eigenvalue weighted by molar-refractivity contribution is 5.97. The summed E-state index contributed by atoms with van der Waals surface area (Å²) in [5, 5.41) is 12.6. The summed E-state index contributed by atoms with van der Waals surface area (Å²) < 4.78 is 10.5. The molecule has 0 saturated heterocycles. The zero-order valence-corrected chi connectivity index (χ0v) is 14.1. The number of carbonyl (C=O) groups is 2. The number of rotatable bonds is 5. The van der Waals surface area contributed by atoms with Crippen LogP contribution < -0.4 is 14.8 Å². The third-order valence-electron chi connectivity index (χ3n) is 5.90. The first-order valence-corrected chi connectivity index (χ1v) is 8.49. The second kappa shape index (κ2) is 5.79. The van der Waals surface area contributed by atoms with Gasteiger partial charge in [0.2, 0.25) is 5.91 Å². The lowest BCUT2D eigenvalue weighted by molar-refractivity contribution is -0.152. The summed E-state index contributed by atoms with van der Waals surface area (Å²) in [4.78, 5) is 24.8. The van der Waals surface area contributed by atoms with Gasteiger partial charge in [0.05, 0.1) is 31.7 Å². The molecule has 2 fully saturated rings. The van der Waals surface area contributed by atoms with E-state index in [0.717, 1.165) is 6.42 Å². The third-order valence-corrected chi connectivity index (χ3v) is 5.90. The van der Waals surface area contributed by atoms with E-state index in [1.807, 2.05) is 12.2 Å². The van der Waals surface area contributed by atoms with E-state index in [4.69, 9.17) is 9.47 Å². The maximum atomic E-state index is 13.0. The second-order valence-corrected chi connectivity index (χ2v) is 7.05. The second-order valence-electron chi connectivity index (χ2n) is 7.05. The third kappa shape index (κ3) is 2.47. The van der Waals surface area contributed by atoms with Gasteiger partial charge in [0.15, 0.2) is 0 Å². The summed E-state index contributed by atoms with van der Waals surface area (Å²) in [5.74, 6) is -0.378. The predicted molar refractivity (Wildman–Crippen MR) is 90.5 cm³/mol. The monoisotopic (exact) mass is 343 g/mol. The molecular formula is C19H21NO5. The quantitative estimate of drug-likeness (QED) is 0.802. The van der Waals surface area contributed by atoms with Crippen molar-refractivity contribution in [3.8, 4) is 11.5 Å². The summed E-state index contributed by atoms with van der Waals surface area (Å²) >= 11 is 0. The fourth-order valence-corrected chi connectivity index (χ4v) is 4.70. The number of hydrogen-bond acceptors (Lipinski definition) is 4. The highest BCUT2D eigenvalue weighted by Crippen LogP contribution is 2.63. The molecule has 4 aliphatic rings. The highest BCUT2D eigenvalue weighted by atomic mass is 16.5. The Morgan fingerprint density at radius 2 is 1.76 bits per heavy atom. The number of carbonyl (C=O) groups excluding carboxylic acids is 1. The number of allylic oxidation sites excluding steroid dienone is 2. The van der Waals surface area contributed by atoms with E-state index in [0.29, 0.717) is 29.0 Å². The lowest BCUT2D eigenvalue weighted by atomic mass is 9.62. The van der Waals surface area contributed by atoms with Crippen molar-refractivity contribution in [1.29, 1.82) is 0 Å². The van der Waals surface area contributed by atoms with Crippen LogP contribution in [0.25, 0.3) is 0 Å². The number of nitrogens with one attached hydrogen (secondary N) is 1. The number of ether oxygens (including phenoxy) is 2. The Balaban J connectivity index is 1.63. The SMILES string of the molecule is COc1ccc(OC)c(NC(=O)[C@@H]2[C@H]3C=C[C@H]([C@H]4C[C@H]34)[C@@H]2C(=O)O)c1. The van der Waals surface area contributed by atoms with Gasteiger partial charge in [-0.25, -0.2) is 0 Å². The maximum absolute atomic E-state index is 13.0. The van der Waals surface area contributed by atoms with Crippen LogP contribution in [0.4, 0.5) is 5.69 Å². The Labute approximate surface area is 145 Å². The van der Waals surface area contributed by atoms with Crippen LogP contribution in [-0.2, 0) is 9.59 Å². The van der Waals surface area contributed by atoms with Gasteiger partial charge in [-0.3, -0.25) is 9.59 Å². The van der Waals surface area contributed by atoms with Crippen LogP contribution in [0, 0.1) is 35.5 Å². The summed E-state index contributed by atoms with van der Waals surface area (Å²) in [6.07, 6.45) is 5.08. The zero-order chi connectivity index (χ0) is 17.7. The normalized spacial score (nSPS) is 34.2. The number of benzene rings is 1. The summed E-state index contributed by atoms with van der Waals surface area (Å²) in [6, 6.07) is 5.14. The first-order chi connectivity index (χ1) is 12.0. The minimum atomic E-state index is -0.887. The highest BCUT2D eigenvalue weighted by Gasteiger charge is 2.63. The smallest absolute Gasteiger partial charge is 0.307 e. The van der Waals surface area contributed by atoms with Crippen LogP contribution in [0.2, 0.25) is 0 Å². The van der Waals surface area contributed by atoms with Gasteiger partial charge in [0.25, 0.3) is 0 Å². The average molecular weight is 343 g/mol. The van der Waals surface area contributed by atoms with Crippen molar-refractivity contribution in [2.75, 3.05) is 19.5 Å². The zero-order valence-electron chi connectivity index (χ0n) is 14.1. The number of methoxy groups -OCH3 is 2. The number of carboxylic acids is 1. The van der Waals surface area contributed by atoms with Gasteiger partial charge in [-0.15, -0.1) is 0 Å². The van der Waals surface area contributed by atoms with Gasteiger partial charge in [0, 0.05) is 6.07 Å². The fourth-order valence-electron chi connectivity index (χ4n) is 4.70. The maximum Gasteiger partial charge on any atom is 0.307 e. The van der Waals surface area contributed by atoms with E-state index in [1.165, 1.54) is 7.11 Å². The number of amides is 1. The van der Waals surface area contributed by atoms with Crippen LogP contribution >= 0.6 is 0 Å². The molecule has 1 aromatic carbocycles. The van der Waals surface area contributed by atoms with Crippen molar-refractivity contribution < 1.29 is 24.2 Å². The van der Waals surface area contributed by atoms with Crippen LogP contribution in [-0.4, -0.2) is 31.2 Å². The van der Waals surface area contributed by atoms with E-state index < -0.39 is 17.8 Å². The van der Waals surface area contributed by atoms with Gasteiger partial charge in [-0.1, -0.05) is 12.2 Å². The molecule has 0 radical (unpaired) electrons. The molecule has 2 N–H and O–H groups in total. The molecule has 0 unspecified atom stereocenters. The Bertz CT molecular complexity index is 758. The molecule has 1 amide bonds. The number of anilines is 1. The van der Waals surface area contributed by atoms with Gasteiger partial charge in [-0.05, 0) is 42.2 Å². The van der Waals surface area contributed by atoms with E-state index >= 15 is 0 Å². The molecule has 6 atom stereocenters. The van der Waals surface area contributed by atoms with Crippen LogP contribution in [0.1, 0.15) is 6.42 Å². The lowest BCUT2D eigenvalue weighted by Gasteiger charge is -2.41. The molecule has 0 heterocycles. The topological polar surface area (TPSA) is 84.9 Å². The van der Waals surface area contributed by atoms with Gasteiger partial charge < -0.3 is 19.9 Å². The predicted octanol–water partition coefficient (Wildman–Crippen LogP) is 2.41. The van der Waals surface area contributed by atoms with Crippen molar-refractivity contribution in [2.24, 2.45) is 35.5 Å². The molecule has 2 bridgehead atoms. The molecular weight excluding hydrogens is 322 g/mol. The molecule has 0 spiro atoms. The van der Waals surface area contributed by atoms with Crippen LogP contribution in [0.3, 0.4) is 0 Å². The van der Waals surface area contributed by atoms with E-state index in [2.05, 4.69) is 5.32 Å². The molecule has 0 aromatic heterocycles. The minimum absolute atomic E-state index is 0.00713. The van der Waals surface area contributed by atoms with E-state index in [1.54, 1.807) is 25.3 Å². The largest absolute Gasteiger partial charge is 0.497 e. The van der Waals surface area contributed by atoms with Crippen molar-refractivity contribution in [3.63, 3.8) is 0 Å². The number of carboxylic acid groups (broad SMARTS) is 1. The Morgan fingerprint density at radius 3 is 2.36 bits per heavy atom. The number of aliphatic carboxylic acids is 1. The molecule has 5 rings (SSSR count). The molecule has 0 aliphatic heterocycles. The minimum Gasteiger partial charge on any atom is -0.497 e.